The Balaban J connectivity index is 0.00000158. The molecule has 1 aromatic heterocycles. The zero-order chi connectivity index (χ0) is 24.3. The van der Waals surface area contributed by atoms with Crippen molar-refractivity contribution in [3.63, 3.8) is 0 Å². The molecule has 1 amide bonds. The highest BCUT2D eigenvalue weighted by Gasteiger charge is 2.19. The van der Waals surface area contributed by atoms with Gasteiger partial charge in [-0.1, -0.05) is 62.4 Å². The summed E-state index contributed by atoms with van der Waals surface area (Å²) in [4.78, 5) is 29.1. The minimum atomic E-state index is -0.496. The molecular formula is C28H29N3O3. The van der Waals surface area contributed by atoms with E-state index in [9.17, 15) is 9.59 Å². The van der Waals surface area contributed by atoms with Gasteiger partial charge in [-0.3, -0.25) is 9.78 Å². The van der Waals surface area contributed by atoms with E-state index in [1.54, 1.807) is 36.7 Å². The Morgan fingerprint density at radius 3 is 2.38 bits per heavy atom. The molecule has 6 heteroatoms. The number of pyridine rings is 1. The van der Waals surface area contributed by atoms with Gasteiger partial charge in [-0.2, -0.15) is 0 Å². The molecule has 4 rings (SSSR count). The first-order valence-electron chi connectivity index (χ1n) is 11.3. The summed E-state index contributed by atoms with van der Waals surface area (Å²) in [6.07, 6.45) is 3.50. The molecule has 0 spiro atoms. The van der Waals surface area contributed by atoms with E-state index in [0.29, 0.717) is 11.3 Å². The van der Waals surface area contributed by atoms with Crippen molar-refractivity contribution in [2.45, 2.75) is 26.4 Å². The third-order valence-electron chi connectivity index (χ3n) is 5.22. The van der Waals surface area contributed by atoms with Gasteiger partial charge in [0.15, 0.2) is 0 Å². The fourth-order valence-corrected chi connectivity index (χ4v) is 3.44. The van der Waals surface area contributed by atoms with Gasteiger partial charge in [-0.25, -0.2) is 4.79 Å². The number of hydrogen-bond donors (Lipinski definition) is 2. The zero-order valence-electron chi connectivity index (χ0n) is 19.4. The van der Waals surface area contributed by atoms with Crippen molar-refractivity contribution < 1.29 is 14.3 Å². The quantitative estimate of drug-likeness (QED) is 0.369. The molecule has 3 aromatic carbocycles. The van der Waals surface area contributed by atoms with E-state index in [-0.39, 0.29) is 25.0 Å². The minimum Gasteiger partial charge on any atom is -0.457 e. The van der Waals surface area contributed by atoms with Gasteiger partial charge in [0.1, 0.15) is 6.61 Å². The van der Waals surface area contributed by atoms with Crippen molar-refractivity contribution in [1.82, 2.24) is 4.98 Å². The first kappa shape index (κ1) is 24.6. The molecule has 1 heterocycles. The van der Waals surface area contributed by atoms with Gasteiger partial charge in [0.2, 0.25) is 5.91 Å². The number of carbonyl (C=O) groups is 2. The van der Waals surface area contributed by atoms with Crippen molar-refractivity contribution in [2.24, 2.45) is 5.73 Å². The number of rotatable bonds is 7. The molecule has 6 nitrogen and oxygen atoms in total. The normalized spacial score (nSPS) is 11.1. The van der Waals surface area contributed by atoms with Gasteiger partial charge in [0.25, 0.3) is 0 Å². The number of ether oxygens (including phenoxy) is 1. The molecule has 0 bridgehead atoms. The van der Waals surface area contributed by atoms with E-state index in [4.69, 9.17) is 10.5 Å². The van der Waals surface area contributed by atoms with E-state index in [1.807, 2.05) is 68.4 Å². The van der Waals surface area contributed by atoms with Crippen LogP contribution >= 0.6 is 0 Å². The van der Waals surface area contributed by atoms with Crippen LogP contribution in [0.3, 0.4) is 0 Å². The molecular weight excluding hydrogens is 426 g/mol. The summed E-state index contributed by atoms with van der Waals surface area (Å²) in [6, 6.07) is 23.8. The van der Waals surface area contributed by atoms with Gasteiger partial charge in [-0.05, 0) is 46.8 Å². The molecule has 4 aromatic rings. The molecule has 1 atom stereocenters. The molecule has 3 N–H and O–H groups in total. The number of nitrogens with one attached hydrogen (secondary N) is 1. The number of anilines is 1. The fourth-order valence-electron chi connectivity index (χ4n) is 3.44. The maximum atomic E-state index is 12.9. The van der Waals surface area contributed by atoms with Gasteiger partial charge in [0, 0.05) is 30.0 Å². The summed E-state index contributed by atoms with van der Waals surface area (Å²) >= 11 is 0. The first-order chi connectivity index (χ1) is 16.6. The summed E-state index contributed by atoms with van der Waals surface area (Å²) < 4.78 is 5.36. The Hall–Kier alpha value is -4.03. The van der Waals surface area contributed by atoms with Crippen molar-refractivity contribution in [1.29, 1.82) is 0 Å². The largest absolute Gasteiger partial charge is 0.457 e. The van der Waals surface area contributed by atoms with Crippen molar-refractivity contribution >= 4 is 28.3 Å². The van der Waals surface area contributed by atoms with Gasteiger partial charge in [-0.15, -0.1) is 0 Å². The second-order valence-electron chi connectivity index (χ2n) is 7.40. The number of amides is 1. The number of aromatic nitrogens is 1. The lowest BCUT2D eigenvalue weighted by molar-refractivity contribution is -0.117. The predicted octanol–water partition coefficient (Wildman–Crippen LogP) is 5.30. The van der Waals surface area contributed by atoms with E-state index in [2.05, 4.69) is 10.3 Å². The van der Waals surface area contributed by atoms with Crippen LogP contribution in [-0.4, -0.2) is 23.4 Å². The van der Waals surface area contributed by atoms with E-state index >= 15 is 0 Å². The molecule has 0 radical (unpaired) electrons. The Kier molecular flexibility index (Phi) is 8.88. The van der Waals surface area contributed by atoms with E-state index < -0.39 is 5.92 Å². The van der Waals surface area contributed by atoms with Gasteiger partial charge in [0.05, 0.1) is 11.5 Å². The van der Waals surface area contributed by atoms with E-state index in [0.717, 1.165) is 21.9 Å². The Labute approximate surface area is 199 Å². The van der Waals surface area contributed by atoms with E-state index in [1.165, 1.54) is 0 Å². The molecule has 0 aliphatic heterocycles. The first-order valence-corrected chi connectivity index (χ1v) is 11.3. The molecule has 0 unspecified atom stereocenters. The summed E-state index contributed by atoms with van der Waals surface area (Å²) in [5.74, 6) is -1.05. The molecule has 174 valence electrons. The summed E-state index contributed by atoms with van der Waals surface area (Å²) in [5, 5.41) is 4.95. The lowest BCUT2D eigenvalue weighted by Crippen LogP contribution is -2.27. The van der Waals surface area contributed by atoms with Gasteiger partial charge < -0.3 is 15.8 Å². The second kappa shape index (κ2) is 12.3. The SMILES string of the molecule is CC.NC[C@@H](C(=O)Nc1ccc2cnccc2c1)c1ccc(COC(=O)c2ccccc2)cc1. The van der Waals surface area contributed by atoms with Crippen LogP contribution in [0.1, 0.15) is 41.3 Å². The molecule has 34 heavy (non-hydrogen) atoms. The molecule has 0 saturated carbocycles. The maximum absolute atomic E-state index is 12.9. The summed E-state index contributed by atoms with van der Waals surface area (Å²) in [5.41, 5.74) is 8.76. The average molecular weight is 456 g/mol. The number of nitrogens with zero attached hydrogens (tertiary/aromatic N) is 1. The maximum Gasteiger partial charge on any atom is 0.338 e. The van der Waals surface area contributed by atoms with Crippen LogP contribution in [0, 0.1) is 0 Å². The smallest absolute Gasteiger partial charge is 0.338 e. The zero-order valence-corrected chi connectivity index (χ0v) is 19.4. The monoisotopic (exact) mass is 455 g/mol. The van der Waals surface area contributed by atoms with Crippen LogP contribution in [0.25, 0.3) is 10.8 Å². The lowest BCUT2D eigenvalue weighted by atomic mass is 9.97. The third-order valence-corrected chi connectivity index (χ3v) is 5.22. The lowest BCUT2D eigenvalue weighted by Gasteiger charge is -2.16. The Bertz CT molecular complexity index is 1220. The number of esters is 1. The number of carbonyl (C=O) groups excluding carboxylic acids is 2. The summed E-state index contributed by atoms with van der Waals surface area (Å²) in [6.45, 7) is 4.32. The number of nitrogens with two attached hydrogens (primary N) is 1. The topological polar surface area (TPSA) is 94.3 Å². The van der Waals surface area contributed by atoms with Crippen molar-refractivity contribution in [3.05, 3.63) is 108 Å². The van der Waals surface area contributed by atoms with Crippen LogP contribution in [-0.2, 0) is 16.1 Å². The highest BCUT2D eigenvalue weighted by atomic mass is 16.5. The van der Waals surface area contributed by atoms with Crippen LogP contribution in [0.2, 0.25) is 0 Å². The number of fused-ring (bicyclic) bond motifs is 1. The molecule has 0 saturated heterocycles. The minimum absolute atomic E-state index is 0.152. The molecule has 0 aliphatic rings. The van der Waals surface area contributed by atoms with Gasteiger partial charge >= 0.3 is 5.97 Å². The highest BCUT2D eigenvalue weighted by Crippen LogP contribution is 2.22. The van der Waals surface area contributed by atoms with Crippen molar-refractivity contribution in [3.8, 4) is 0 Å². The van der Waals surface area contributed by atoms with Crippen molar-refractivity contribution in [2.75, 3.05) is 11.9 Å². The summed E-state index contributed by atoms with van der Waals surface area (Å²) in [7, 11) is 0. The fraction of sp³-hybridized carbons (Fsp3) is 0.179. The highest BCUT2D eigenvalue weighted by molar-refractivity contribution is 5.98. The number of benzene rings is 3. The van der Waals surface area contributed by atoms with Crippen LogP contribution in [0.4, 0.5) is 5.69 Å². The van der Waals surface area contributed by atoms with Crippen LogP contribution in [0.5, 0.6) is 0 Å². The molecule has 0 fully saturated rings. The molecule has 0 aliphatic carbocycles. The number of hydrogen-bond acceptors (Lipinski definition) is 5. The van der Waals surface area contributed by atoms with Crippen LogP contribution < -0.4 is 11.1 Å². The second-order valence-corrected chi connectivity index (χ2v) is 7.40. The third kappa shape index (κ3) is 6.27. The Morgan fingerprint density at radius 2 is 1.68 bits per heavy atom. The van der Waals surface area contributed by atoms with Crippen LogP contribution in [0.15, 0.2) is 91.3 Å². The average Bonchev–Trinajstić information content (AvgIpc) is 2.90. The Morgan fingerprint density at radius 1 is 0.941 bits per heavy atom. The standard InChI is InChI=1S/C26H23N3O3.C2H6/c27-15-24(25(30)29-23-11-10-22-16-28-13-12-21(22)14-23)19-8-6-18(7-9-19)17-32-26(31)20-4-2-1-3-5-20;1-2/h1-14,16,24H,15,17,27H2,(H,29,30);1-2H3/t24-;/m1./s1. The predicted molar refractivity (Wildman–Crippen MR) is 136 cm³/mol.